The first-order chi connectivity index (χ1) is 30.2. The monoisotopic (exact) mass is 893 g/mol. The zero-order valence-corrected chi connectivity index (χ0v) is 38.9. The summed E-state index contributed by atoms with van der Waals surface area (Å²) in [6.45, 7) is 9.20. The molecule has 16 nitrogen and oxygen atoms in total. The minimum Gasteiger partial charge on any atom is -0.462 e. The van der Waals surface area contributed by atoms with Gasteiger partial charge in [0.2, 0.25) is 0 Å². The van der Waals surface area contributed by atoms with E-state index in [0.717, 1.165) is 6.42 Å². The van der Waals surface area contributed by atoms with Gasteiger partial charge >= 0.3 is 11.9 Å². The number of Topliss-reactive ketones (excluding diaryl/α,β-unsaturated/α-hetero) is 1. The van der Waals surface area contributed by atoms with Gasteiger partial charge in [-0.05, 0) is 103 Å². The van der Waals surface area contributed by atoms with Crippen LogP contribution in [0.2, 0.25) is 0 Å². The lowest BCUT2D eigenvalue weighted by molar-refractivity contribution is -0.314. The lowest BCUT2D eigenvalue weighted by Crippen LogP contribution is -2.60. The third kappa shape index (κ3) is 10.2. The number of allylic oxidation sites excluding steroid dienone is 2. The number of fused-ring (bicyclic) bond motifs is 5. The van der Waals surface area contributed by atoms with E-state index in [9.17, 15) is 9.59 Å². The Labute approximate surface area is 372 Å². The van der Waals surface area contributed by atoms with Crippen molar-refractivity contribution in [1.82, 2.24) is 20.9 Å². The standard InChI is InChI=1S/C46H73FN4O12/c1-11-28-13-12-14-36(63-38-16-15-35(50(6)7)24(3)59-38)23(2)42(54)34-19-31-30-17-29(62-46-45(57-10)44(56-9)43(55-8)25(4)60-46)18-33(30)41(40(47)39(31)32(34)20-37(53)61-28)51-21-27(48-49-51)22-58-26(5)52/h19,21,23-25,28-33,35-36,38-41,43-46,48-49H,11-18,20,22H2,1-10H3/t23-,24?,25?,28+,29+,30+,31+,32-,33-,35+,36+,38+,39-,40?,41?,43+,44-,45?,46+/m1/s1. The van der Waals surface area contributed by atoms with Crippen LogP contribution < -0.4 is 11.0 Å². The summed E-state index contributed by atoms with van der Waals surface area (Å²) in [5.74, 6) is -3.77. The maximum Gasteiger partial charge on any atom is 0.306 e. The van der Waals surface area contributed by atoms with Gasteiger partial charge in [0.05, 0.1) is 42.6 Å². The van der Waals surface area contributed by atoms with Crippen molar-refractivity contribution in [3.63, 3.8) is 0 Å². The van der Waals surface area contributed by atoms with Crippen LogP contribution in [0.3, 0.4) is 0 Å². The number of carbonyl (C=O) groups is 3. The van der Waals surface area contributed by atoms with Crippen LogP contribution in [0, 0.1) is 35.5 Å². The number of likely N-dealkylation sites (N-methyl/N-ethyl adjacent to an activating group) is 1. The van der Waals surface area contributed by atoms with E-state index in [2.05, 4.69) is 36.9 Å². The predicted molar refractivity (Wildman–Crippen MR) is 227 cm³/mol. The summed E-state index contributed by atoms with van der Waals surface area (Å²) in [6.07, 6.45) is 3.12. The Morgan fingerprint density at radius 2 is 1.67 bits per heavy atom. The van der Waals surface area contributed by atoms with Gasteiger partial charge in [-0.3, -0.25) is 19.4 Å². The Morgan fingerprint density at radius 1 is 0.937 bits per heavy atom. The quantitative estimate of drug-likeness (QED) is 0.265. The number of nitrogens with one attached hydrogen (secondary N) is 2. The highest BCUT2D eigenvalue weighted by Crippen LogP contribution is 2.59. The third-order valence-electron chi connectivity index (χ3n) is 15.2. The highest BCUT2D eigenvalue weighted by molar-refractivity contribution is 5.99. The summed E-state index contributed by atoms with van der Waals surface area (Å²) in [4.78, 5) is 42.9. The van der Waals surface area contributed by atoms with E-state index in [1.165, 1.54) is 6.92 Å². The number of ketones is 1. The van der Waals surface area contributed by atoms with E-state index in [4.69, 9.17) is 42.6 Å². The molecule has 7 aliphatic rings. The fourth-order valence-electron chi connectivity index (χ4n) is 12.1. The molecule has 0 aromatic heterocycles. The molecule has 0 aromatic carbocycles. The molecule has 3 aliphatic carbocycles. The Bertz CT molecular complexity index is 1670. The second-order valence-corrected chi connectivity index (χ2v) is 19.1. The zero-order chi connectivity index (χ0) is 45.3. The van der Waals surface area contributed by atoms with E-state index in [0.29, 0.717) is 56.2 Å². The number of halogens is 1. The van der Waals surface area contributed by atoms with E-state index in [-0.39, 0.29) is 73.1 Å². The topological polar surface area (TPSA) is 165 Å². The molecule has 19 atom stereocenters. The van der Waals surface area contributed by atoms with Gasteiger partial charge < -0.3 is 53.0 Å². The van der Waals surface area contributed by atoms with Crippen molar-refractivity contribution < 1.29 is 61.4 Å². The summed E-state index contributed by atoms with van der Waals surface area (Å²) in [7, 11) is 8.92. The van der Waals surface area contributed by atoms with Crippen molar-refractivity contribution >= 4 is 17.7 Å². The molecule has 0 aromatic rings. The van der Waals surface area contributed by atoms with Crippen molar-refractivity contribution in [1.29, 1.82) is 0 Å². The van der Waals surface area contributed by atoms with Crippen LogP contribution in [-0.4, -0.2) is 149 Å². The number of nitrogens with zero attached hydrogens (tertiary/aromatic N) is 2. The molecule has 7 rings (SSSR count). The largest absolute Gasteiger partial charge is 0.462 e. The molecule has 3 saturated heterocycles. The minimum absolute atomic E-state index is 0.0252. The molecular weight excluding hydrogens is 820 g/mol. The third-order valence-corrected chi connectivity index (χ3v) is 15.2. The summed E-state index contributed by atoms with van der Waals surface area (Å²) in [5, 5.41) is 1.72. The fourth-order valence-corrected chi connectivity index (χ4v) is 12.1. The van der Waals surface area contributed by atoms with E-state index in [1.54, 1.807) is 32.5 Å². The van der Waals surface area contributed by atoms with Crippen molar-refractivity contribution in [2.45, 2.75) is 172 Å². The number of esters is 2. The van der Waals surface area contributed by atoms with Crippen LogP contribution in [0.25, 0.3) is 0 Å². The van der Waals surface area contributed by atoms with Gasteiger partial charge in [0.25, 0.3) is 0 Å². The van der Waals surface area contributed by atoms with E-state index in [1.807, 2.05) is 26.8 Å². The molecule has 5 fully saturated rings. The Morgan fingerprint density at radius 3 is 2.33 bits per heavy atom. The van der Waals surface area contributed by atoms with Crippen LogP contribution in [-0.2, 0) is 57.0 Å². The van der Waals surface area contributed by atoms with Crippen LogP contribution in [0.4, 0.5) is 4.39 Å². The lowest BCUT2D eigenvalue weighted by atomic mass is 9.63. The maximum absolute atomic E-state index is 18.1. The summed E-state index contributed by atoms with van der Waals surface area (Å²) in [6, 6.07) is -0.474. The predicted octanol–water partition coefficient (Wildman–Crippen LogP) is 4.37. The molecule has 0 amide bonds. The maximum atomic E-state index is 18.1. The van der Waals surface area contributed by atoms with Crippen molar-refractivity contribution in [2.24, 2.45) is 35.5 Å². The second kappa shape index (κ2) is 20.8. The number of rotatable bonds is 12. The molecule has 0 radical (unpaired) electrons. The summed E-state index contributed by atoms with van der Waals surface area (Å²) >= 11 is 0. The molecule has 2 N–H and O–H groups in total. The molecule has 356 valence electrons. The SMILES string of the molecule is CC[C@H]1CCC[C@H](O[C@H]2CC[C@H](N(C)C)C(C)O2)[C@@H](C)C(=O)C2=C[C@H]3[C@@H]4C[C@H](O[C@@H]5OC(C)[C@H](OC)[C@@H](OC)C5OC)C[C@H]4C(N4C=C(COC(C)=O)NN4)C(F)[C@H]3[C@@H]2CC(=O)O1. The molecule has 63 heavy (non-hydrogen) atoms. The van der Waals surface area contributed by atoms with E-state index < -0.39 is 72.8 Å². The number of cyclic esters (lactones) is 1. The number of methoxy groups -OCH3 is 3. The van der Waals surface area contributed by atoms with Gasteiger partial charge in [0.1, 0.15) is 37.2 Å². The zero-order valence-electron chi connectivity index (χ0n) is 38.9. The molecule has 2 saturated carbocycles. The van der Waals surface area contributed by atoms with Gasteiger partial charge in [0, 0.05) is 58.2 Å². The van der Waals surface area contributed by atoms with Crippen LogP contribution >= 0.6 is 0 Å². The Balaban J connectivity index is 1.21. The van der Waals surface area contributed by atoms with Gasteiger partial charge in [-0.25, -0.2) is 4.39 Å². The van der Waals surface area contributed by atoms with E-state index >= 15 is 9.18 Å². The van der Waals surface area contributed by atoms with Gasteiger partial charge in [0.15, 0.2) is 18.4 Å². The number of hydrogen-bond donors (Lipinski definition) is 2. The molecule has 0 spiro atoms. The number of alkyl halides is 1. The highest BCUT2D eigenvalue weighted by Gasteiger charge is 2.62. The lowest BCUT2D eigenvalue weighted by Gasteiger charge is -2.48. The molecule has 4 aliphatic heterocycles. The summed E-state index contributed by atoms with van der Waals surface area (Å²) < 4.78 is 73.4. The van der Waals surface area contributed by atoms with Crippen molar-refractivity contribution in [2.75, 3.05) is 42.0 Å². The highest BCUT2D eigenvalue weighted by atomic mass is 19.1. The Hall–Kier alpha value is -2.74. The number of hydrogen-bond acceptors (Lipinski definition) is 16. The van der Waals surface area contributed by atoms with Gasteiger partial charge in [-0.15, -0.1) is 5.53 Å². The number of ether oxygens (including phenoxy) is 9. The Kier molecular flexibility index (Phi) is 15.9. The molecular formula is C46H73FN4O12. The first-order valence-electron chi connectivity index (χ1n) is 23.3. The first kappa shape index (κ1) is 48.2. The summed E-state index contributed by atoms with van der Waals surface area (Å²) in [5.41, 5.74) is 7.21. The minimum atomic E-state index is -1.50. The second-order valence-electron chi connectivity index (χ2n) is 19.1. The average molecular weight is 893 g/mol. The molecule has 5 unspecified atom stereocenters. The van der Waals surface area contributed by atoms with Crippen molar-refractivity contribution in [3.05, 3.63) is 23.5 Å². The van der Waals surface area contributed by atoms with Gasteiger partial charge in [-0.1, -0.05) is 19.9 Å². The first-order valence-corrected chi connectivity index (χ1v) is 23.3. The number of carbonyl (C=O) groups excluding carboxylic acids is 3. The fraction of sp³-hybridized carbons (Fsp3) is 0.848. The molecule has 17 heteroatoms. The smallest absolute Gasteiger partial charge is 0.306 e. The normalized spacial score (nSPS) is 43.4. The van der Waals surface area contributed by atoms with Gasteiger partial charge in [-0.2, -0.15) is 0 Å². The average Bonchev–Trinajstić information content (AvgIpc) is 3.98. The van der Waals surface area contributed by atoms with Crippen LogP contribution in [0.15, 0.2) is 23.5 Å². The van der Waals surface area contributed by atoms with Crippen LogP contribution in [0.1, 0.15) is 92.4 Å². The van der Waals surface area contributed by atoms with Crippen molar-refractivity contribution in [3.8, 4) is 0 Å². The van der Waals surface area contributed by atoms with Crippen LogP contribution in [0.5, 0.6) is 0 Å². The molecule has 0 bridgehead atoms. The molecule has 4 heterocycles. The number of hydrazine groups is 2.